The van der Waals surface area contributed by atoms with E-state index in [1.54, 1.807) is 16.3 Å². The van der Waals surface area contributed by atoms with Crippen LogP contribution in [0.2, 0.25) is 0 Å². The summed E-state index contributed by atoms with van der Waals surface area (Å²) in [6, 6.07) is 17.6. The van der Waals surface area contributed by atoms with E-state index in [9.17, 15) is 4.79 Å². The molecule has 4 aromatic rings. The van der Waals surface area contributed by atoms with Gasteiger partial charge in [0.15, 0.2) is 16.6 Å². The Morgan fingerprint density at radius 3 is 2.39 bits per heavy atom. The number of thioether (sulfide) groups is 1. The van der Waals surface area contributed by atoms with Gasteiger partial charge >= 0.3 is 0 Å². The Morgan fingerprint density at radius 1 is 1.00 bits per heavy atom. The van der Waals surface area contributed by atoms with E-state index in [2.05, 4.69) is 50.8 Å². The number of benzene rings is 2. The summed E-state index contributed by atoms with van der Waals surface area (Å²) in [7, 11) is 0. The van der Waals surface area contributed by atoms with Gasteiger partial charge in [-0.1, -0.05) is 73.6 Å². The smallest absolute Gasteiger partial charge is 0.266 e. The summed E-state index contributed by atoms with van der Waals surface area (Å²) in [4.78, 5) is 21.5. The summed E-state index contributed by atoms with van der Waals surface area (Å²) < 4.78 is 7.82. The number of aromatic nitrogens is 4. The monoisotopic (exact) mass is 462 g/mol. The van der Waals surface area contributed by atoms with Gasteiger partial charge in [0.2, 0.25) is 0 Å². The number of aromatic amines is 1. The Morgan fingerprint density at radius 2 is 1.70 bits per heavy atom. The van der Waals surface area contributed by atoms with Gasteiger partial charge in [0, 0.05) is 22.8 Å². The molecule has 0 aliphatic rings. The first-order valence-electron chi connectivity index (χ1n) is 11.0. The molecule has 0 bridgehead atoms. The number of nitrogens with one attached hydrogen (secondary N) is 1. The molecule has 0 saturated carbocycles. The first kappa shape index (κ1) is 23.1. The number of para-hydroxylation sites is 1. The van der Waals surface area contributed by atoms with Crippen molar-refractivity contribution in [2.45, 2.75) is 63.5 Å². The van der Waals surface area contributed by atoms with E-state index in [1.807, 2.05) is 49.4 Å². The van der Waals surface area contributed by atoms with E-state index in [1.165, 1.54) is 11.6 Å². The first-order valence-corrected chi connectivity index (χ1v) is 11.8. The highest BCUT2D eigenvalue weighted by atomic mass is 32.2. The fourth-order valence-electron chi connectivity index (χ4n) is 4.10. The summed E-state index contributed by atoms with van der Waals surface area (Å²) in [6.07, 6.45) is 0.760. The molecule has 0 aliphatic carbocycles. The van der Waals surface area contributed by atoms with Gasteiger partial charge in [-0.05, 0) is 39.3 Å². The lowest BCUT2D eigenvalue weighted by Gasteiger charge is -2.35. The van der Waals surface area contributed by atoms with Crippen LogP contribution in [0.1, 0.15) is 45.2 Å². The quantitative estimate of drug-likeness (QED) is 0.350. The molecule has 0 atom stereocenters. The lowest BCUT2D eigenvalue weighted by atomic mass is 9.95. The summed E-state index contributed by atoms with van der Waals surface area (Å²) in [5.74, 6) is 1.49. The summed E-state index contributed by atoms with van der Waals surface area (Å²) in [5, 5.41) is 3.52. The Hall–Kier alpha value is -3.06. The van der Waals surface area contributed by atoms with Crippen molar-refractivity contribution in [2.75, 3.05) is 0 Å². The first-order chi connectivity index (χ1) is 15.5. The number of hydrogen-bond acceptors (Lipinski definition) is 5. The number of H-pyrrole nitrogens is 1. The normalized spacial score (nSPS) is 12.3. The topological polar surface area (TPSA) is 72.3 Å². The van der Waals surface area contributed by atoms with Gasteiger partial charge in [0.05, 0.1) is 0 Å². The lowest BCUT2D eigenvalue weighted by Crippen LogP contribution is -2.36. The third-order valence-electron chi connectivity index (χ3n) is 5.33. The van der Waals surface area contributed by atoms with Crippen molar-refractivity contribution in [3.63, 3.8) is 0 Å². The van der Waals surface area contributed by atoms with Gasteiger partial charge < -0.3 is 4.74 Å². The fraction of sp³-hybridized carbons (Fsp3) is 0.346. The molecule has 2 heterocycles. The average molecular weight is 463 g/mol. The third kappa shape index (κ3) is 5.47. The van der Waals surface area contributed by atoms with Crippen molar-refractivity contribution in [3.05, 3.63) is 76.1 Å². The molecule has 0 saturated heterocycles. The number of fused-ring (bicyclic) bond motifs is 1. The molecule has 1 N–H and O–H groups in total. The molecule has 172 valence electrons. The maximum atomic E-state index is 12.1. The second-order valence-electron chi connectivity index (χ2n) is 9.68. The zero-order valence-corrected chi connectivity index (χ0v) is 20.8. The van der Waals surface area contributed by atoms with E-state index in [-0.39, 0.29) is 10.3 Å². The number of rotatable bonds is 7. The average Bonchev–Trinajstić information content (AvgIpc) is 3.09. The van der Waals surface area contributed by atoms with Crippen LogP contribution in [0.3, 0.4) is 0 Å². The number of aryl methyl sites for hydroxylation is 2. The van der Waals surface area contributed by atoms with Crippen molar-refractivity contribution in [3.8, 4) is 17.1 Å². The molecule has 4 rings (SSSR count). The van der Waals surface area contributed by atoms with Gasteiger partial charge in [-0.15, -0.1) is 0 Å². The van der Waals surface area contributed by atoms with E-state index >= 15 is 0 Å². The van der Waals surface area contributed by atoms with Crippen molar-refractivity contribution in [2.24, 2.45) is 0 Å². The summed E-state index contributed by atoms with van der Waals surface area (Å²) >= 11 is 1.60. The molecule has 0 spiro atoms. The van der Waals surface area contributed by atoms with E-state index in [0.29, 0.717) is 16.6 Å². The van der Waals surface area contributed by atoms with E-state index < -0.39 is 5.60 Å². The highest BCUT2D eigenvalue weighted by molar-refractivity contribution is 8.00. The van der Waals surface area contributed by atoms with Crippen molar-refractivity contribution in [1.82, 2.24) is 19.6 Å². The largest absolute Gasteiger partial charge is 0.488 e. The zero-order valence-electron chi connectivity index (χ0n) is 20.0. The second kappa shape index (κ2) is 8.71. The molecule has 0 radical (unpaired) electrons. The maximum absolute atomic E-state index is 12.1. The molecule has 7 heteroatoms. The molecular weight excluding hydrogens is 432 g/mol. The SMILES string of the molecule is Cc1ccc(-c2nc(SC(C)(C)CC(C)(C)Oc3ccccc3C)n3[nH]c(=O)cc3n2)cc1. The van der Waals surface area contributed by atoms with Gasteiger partial charge in [0.1, 0.15) is 11.4 Å². The highest BCUT2D eigenvalue weighted by Gasteiger charge is 2.33. The van der Waals surface area contributed by atoms with Crippen LogP contribution in [0.15, 0.2) is 64.5 Å². The number of hydrogen-bond donors (Lipinski definition) is 1. The van der Waals surface area contributed by atoms with Crippen LogP contribution >= 0.6 is 11.8 Å². The summed E-state index contributed by atoms with van der Waals surface area (Å²) in [5.41, 5.74) is 3.15. The van der Waals surface area contributed by atoms with Gasteiger partial charge in [0.25, 0.3) is 5.56 Å². The zero-order chi connectivity index (χ0) is 23.8. The minimum absolute atomic E-state index is 0.201. The Kier molecular flexibility index (Phi) is 6.10. The number of ether oxygens (including phenoxy) is 1. The minimum Gasteiger partial charge on any atom is -0.488 e. The van der Waals surface area contributed by atoms with Crippen LogP contribution in [-0.2, 0) is 0 Å². The van der Waals surface area contributed by atoms with Crippen LogP contribution in [0.25, 0.3) is 17.0 Å². The molecule has 6 nitrogen and oxygen atoms in total. The third-order valence-corrected chi connectivity index (χ3v) is 6.49. The van der Waals surface area contributed by atoms with Crippen LogP contribution in [-0.4, -0.2) is 29.9 Å². The molecule has 0 aliphatic heterocycles. The van der Waals surface area contributed by atoms with Crippen molar-refractivity contribution in [1.29, 1.82) is 0 Å². The van der Waals surface area contributed by atoms with Crippen LogP contribution in [0.5, 0.6) is 5.75 Å². The molecule has 2 aromatic heterocycles. The second-order valence-corrected chi connectivity index (χ2v) is 11.4. The van der Waals surface area contributed by atoms with Crippen molar-refractivity contribution < 1.29 is 4.74 Å². The van der Waals surface area contributed by atoms with Gasteiger partial charge in [-0.3, -0.25) is 9.89 Å². The van der Waals surface area contributed by atoms with Crippen LogP contribution in [0.4, 0.5) is 0 Å². The molecule has 33 heavy (non-hydrogen) atoms. The molecule has 0 fully saturated rings. The molecule has 0 unspecified atom stereocenters. The van der Waals surface area contributed by atoms with Crippen molar-refractivity contribution >= 4 is 17.4 Å². The lowest BCUT2D eigenvalue weighted by molar-refractivity contribution is 0.0897. The fourth-order valence-corrected chi connectivity index (χ4v) is 5.37. The van der Waals surface area contributed by atoms with Gasteiger partial charge in [-0.2, -0.15) is 0 Å². The predicted molar refractivity (Wildman–Crippen MR) is 134 cm³/mol. The Balaban J connectivity index is 1.64. The molecular formula is C26H30N4O2S. The summed E-state index contributed by atoms with van der Waals surface area (Å²) in [6.45, 7) is 12.6. The Bertz CT molecular complexity index is 1340. The standard InChI is InChI=1S/C26H30N4O2S/c1-17-11-13-19(14-12-17)23-27-21-15-22(31)29-30(21)24(28-23)33-26(5,6)16-25(3,4)32-20-10-8-7-9-18(20)2/h7-15H,16H2,1-6H3,(H,29,31). The maximum Gasteiger partial charge on any atom is 0.266 e. The van der Waals surface area contributed by atoms with Crippen LogP contribution in [0, 0.1) is 13.8 Å². The molecule has 0 amide bonds. The van der Waals surface area contributed by atoms with E-state index in [4.69, 9.17) is 9.72 Å². The Labute approximate surface area is 198 Å². The highest BCUT2D eigenvalue weighted by Crippen LogP contribution is 2.39. The van der Waals surface area contributed by atoms with E-state index in [0.717, 1.165) is 23.3 Å². The van der Waals surface area contributed by atoms with Crippen LogP contribution < -0.4 is 10.3 Å². The predicted octanol–water partition coefficient (Wildman–Crippen LogP) is 5.82. The minimum atomic E-state index is -0.404. The molecule has 2 aromatic carbocycles. The number of nitrogens with zero attached hydrogens (tertiary/aromatic N) is 3. The van der Waals surface area contributed by atoms with Gasteiger partial charge in [-0.25, -0.2) is 14.5 Å².